The van der Waals surface area contributed by atoms with Crippen LogP contribution in [0.1, 0.15) is 58.8 Å². The van der Waals surface area contributed by atoms with E-state index in [2.05, 4.69) is 6.92 Å². The van der Waals surface area contributed by atoms with E-state index in [1.54, 1.807) is 0 Å². The summed E-state index contributed by atoms with van der Waals surface area (Å²) in [5, 5.41) is 0. The van der Waals surface area contributed by atoms with E-state index in [4.69, 9.17) is 23.2 Å². The van der Waals surface area contributed by atoms with Gasteiger partial charge in [-0.3, -0.25) is 4.79 Å². The van der Waals surface area contributed by atoms with Crippen LogP contribution >= 0.6 is 23.2 Å². The third kappa shape index (κ3) is 8.83. The number of carbonyl (C=O) groups is 1. The van der Waals surface area contributed by atoms with Crippen LogP contribution in [0.3, 0.4) is 0 Å². The summed E-state index contributed by atoms with van der Waals surface area (Å²) < 4.78 is -0.835. The molecule has 0 aromatic rings. The lowest BCUT2D eigenvalue weighted by atomic mass is 10.1. The number of unbranched alkanes of at least 4 members (excludes halogenated alkanes) is 4. The van der Waals surface area contributed by atoms with Crippen molar-refractivity contribution in [3.05, 3.63) is 0 Å². The molecule has 14 heavy (non-hydrogen) atoms. The number of ketones is 1. The lowest BCUT2D eigenvalue weighted by Crippen LogP contribution is -2.16. The molecule has 84 valence electrons. The van der Waals surface area contributed by atoms with Gasteiger partial charge < -0.3 is 0 Å². The molecule has 0 heterocycles. The lowest BCUT2D eigenvalue weighted by molar-refractivity contribution is -0.117. The molecular weight excluding hydrogens is 219 g/mol. The van der Waals surface area contributed by atoms with Crippen molar-refractivity contribution in [2.24, 2.45) is 0 Å². The van der Waals surface area contributed by atoms with Gasteiger partial charge in [0, 0.05) is 6.42 Å². The Morgan fingerprint density at radius 1 is 1.14 bits per heavy atom. The average Bonchev–Trinajstić information content (AvgIpc) is 2.01. The number of halogens is 2. The predicted octanol–water partition coefficient (Wildman–Crippen LogP) is 4.50. The van der Waals surface area contributed by atoms with Gasteiger partial charge >= 0.3 is 0 Å². The van der Waals surface area contributed by atoms with E-state index in [0.717, 1.165) is 19.3 Å². The minimum absolute atomic E-state index is 0.0589. The SMILES string of the molecule is CCCCCCCC(Cl)(Cl)CC(C)=O. The summed E-state index contributed by atoms with van der Waals surface area (Å²) in [5.74, 6) is 0.0589. The van der Waals surface area contributed by atoms with Crippen LogP contribution in [-0.2, 0) is 4.79 Å². The molecule has 0 fully saturated rings. The Bertz CT molecular complexity index is 167. The molecule has 0 aliphatic heterocycles. The van der Waals surface area contributed by atoms with Crippen molar-refractivity contribution in [1.29, 1.82) is 0 Å². The van der Waals surface area contributed by atoms with Crippen LogP contribution in [-0.4, -0.2) is 10.1 Å². The highest BCUT2D eigenvalue weighted by atomic mass is 35.5. The Hall–Kier alpha value is 0.250. The fourth-order valence-electron chi connectivity index (χ4n) is 1.44. The van der Waals surface area contributed by atoms with Gasteiger partial charge in [-0.2, -0.15) is 0 Å². The molecule has 0 atom stereocenters. The smallest absolute Gasteiger partial charge is 0.132 e. The van der Waals surface area contributed by atoms with E-state index in [0.29, 0.717) is 0 Å². The van der Waals surface area contributed by atoms with Gasteiger partial charge in [0.1, 0.15) is 10.1 Å². The predicted molar refractivity (Wildman–Crippen MR) is 63.1 cm³/mol. The molecule has 0 N–H and O–H groups in total. The number of alkyl halides is 2. The molecule has 0 amide bonds. The summed E-state index contributed by atoms with van der Waals surface area (Å²) in [4.78, 5) is 10.8. The first-order chi connectivity index (χ1) is 6.48. The van der Waals surface area contributed by atoms with Crippen LogP contribution in [0.5, 0.6) is 0 Å². The molecular formula is C11H20Cl2O. The Kier molecular flexibility index (Phi) is 7.66. The van der Waals surface area contributed by atoms with Gasteiger partial charge in [-0.15, -0.1) is 23.2 Å². The highest BCUT2D eigenvalue weighted by Gasteiger charge is 2.24. The molecule has 3 heteroatoms. The molecule has 0 saturated heterocycles. The molecule has 0 unspecified atom stereocenters. The molecule has 0 rings (SSSR count). The minimum atomic E-state index is -0.835. The molecule has 0 aliphatic carbocycles. The van der Waals surface area contributed by atoms with Gasteiger partial charge in [0.15, 0.2) is 0 Å². The minimum Gasteiger partial charge on any atom is -0.300 e. The number of hydrogen-bond donors (Lipinski definition) is 0. The van der Waals surface area contributed by atoms with E-state index in [1.165, 1.54) is 26.2 Å². The van der Waals surface area contributed by atoms with Crippen LogP contribution < -0.4 is 0 Å². The third-order valence-corrected chi connectivity index (χ3v) is 2.80. The van der Waals surface area contributed by atoms with Crippen molar-refractivity contribution >= 4 is 29.0 Å². The standard InChI is InChI=1S/C11H20Cl2O/c1-3-4-5-6-7-8-11(12,13)9-10(2)14/h3-9H2,1-2H3. The number of hydrogen-bond acceptors (Lipinski definition) is 1. The molecule has 1 nitrogen and oxygen atoms in total. The monoisotopic (exact) mass is 238 g/mol. The maximum atomic E-state index is 10.8. The first-order valence-corrected chi connectivity index (χ1v) is 6.11. The Labute approximate surface area is 97.2 Å². The van der Waals surface area contributed by atoms with Crippen molar-refractivity contribution in [1.82, 2.24) is 0 Å². The topological polar surface area (TPSA) is 17.1 Å². The Morgan fingerprint density at radius 2 is 1.71 bits per heavy atom. The van der Waals surface area contributed by atoms with Crippen molar-refractivity contribution in [2.45, 2.75) is 63.1 Å². The Morgan fingerprint density at radius 3 is 2.21 bits per heavy atom. The van der Waals surface area contributed by atoms with Crippen molar-refractivity contribution in [3.8, 4) is 0 Å². The maximum Gasteiger partial charge on any atom is 0.132 e. The fraction of sp³-hybridized carbons (Fsp3) is 0.909. The van der Waals surface area contributed by atoms with Gasteiger partial charge in [-0.1, -0.05) is 39.0 Å². The first kappa shape index (κ1) is 14.2. The maximum absolute atomic E-state index is 10.8. The second-order valence-electron chi connectivity index (χ2n) is 3.90. The second-order valence-corrected chi connectivity index (χ2v) is 5.54. The summed E-state index contributed by atoms with van der Waals surface area (Å²) in [5.41, 5.74) is 0. The van der Waals surface area contributed by atoms with E-state index in [9.17, 15) is 4.79 Å². The fourth-order valence-corrected chi connectivity index (χ4v) is 2.08. The van der Waals surface area contributed by atoms with E-state index < -0.39 is 4.33 Å². The molecule has 0 aliphatic rings. The van der Waals surface area contributed by atoms with Gasteiger partial charge in [0.2, 0.25) is 0 Å². The van der Waals surface area contributed by atoms with Crippen molar-refractivity contribution in [3.63, 3.8) is 0 Å². The summed E-state index contributed by atoms with van der Waals surface area (Å²) in [6, 6.07) is 0. The zero-order valence-corrected chi connectivity index (χ0v) is 10.6. The molecule has 0 spiro atoms. The number of rotatable bonds is 8. The van der Waals surface area contributed by atoms with E-state index in [-0.39, 0.29) is 12.2 Å². The van der Waals surface area contributed by atoms with Crippen LogP contribution in [0.4, 0.5) is 0 Å². The van der Waals surface area contributed by atoms with Gasteiger partial charge in [-0.05, 0) is 13.3 Å². The van der Waals surface area contributed by atoms with Crippen LogP contribution in [0.25, 0.3) is 0 Å². The second kappa shape index (κ2) is 7.53. The number of carbonyl (C=O) groups excluding carboxylic acids is 1. The highest BCUT2D eigenvalue weighted by Crippen LogP contribution is 2.31. The summed E-state index contributed by atoms with van der Waals surface area (Å²) >= 11 is 12.0. The molecule has 0 saturated carbocycles. The number of Topliss-reactive ketones (excluding diaryl/α,β-unsaturated/α-hetero) is 1. The van der Waals surface area contributed by atoms with Crippen molar-refractivity contribution in [2.75, 3.05) is 0 Å². The van der Waals surface area contributed by atoms with Crippen molar-refractivity contribution < 1.29 is 4.79 Å². The summed E-state index contributed by atoms with van der Waals surface area (Å²) in [7, 11) is 0. The van der Waals surface area contributed by atoms with Crippen LogP contribution in [0, 0.1) is 0 Å². The molecule has 0 aromatic carbocycles. The third-order valence-electron chi connectivity index (χ3n) is 2.15. The zero-order valence-electron chi connectivity index (χ0n) is 9.11. The molecule has 0 radical (unpaired) electrons. The van der Waals surface area contributed by atoms with Crippen LogP contribution in [0.15, 0.2) is 0 Å². The summed E-state index contributed by atoms with van der Waals surface area (Å²) in [6.07, 6.45) is 6.90. The largest absolute Gasteiger partial charge is 0.300 e. The summed E-state index contributed by atoms with van der Waals surface area (Å²) in [6.45, 7) is 3.71. The van der Waals surface area contributed by atoms with Crippen LogP contribution in [0.2, 0.25) is 0 Å². The van der Waals surface area contributed by atoms with E-state index >= 15 is 0 Å². The molecule has 0 bridgehead atoms. The van der Waals surface area contributed by atoms with Gasteiger partial charge in [-0.25, -0.2) is 0 Å². The highest BCUT2D eigenvalue weighted by molar-refractivity contribution is 6.49. The lowest BCUT2D eigenvalue weighted by Gasteiger charge is -2.17. The Balaban J connectivity index is 3.50. The molecule has 0 aromatic heterocycles. The zero-order chi connectivity index (χ0) is 11.0. The first-order valence-electron chi connectivity index (χ1n) is 5.35. The quantitative estimate of drug-likeness (QED) is 0.450. The van der Waals surface area contributed by atoms with Gasteiger partial charge in [0.05, 0.1) is 0 Å². The normalized spacial score (nSPS) is 11.7. The van der Waals surface area contributed by atoms with Gasteiger partial charge in [0.25, 0.3) is 0 Å². The average molecular weight is 239 g/mol. The van der Waals surface area contributed by atoms with E-state index in [1.807, 2.05) is 0 Å².